The van der Waals surface area contributed by atoms with Crippen LogP contribution < -0.4 is 10.1 Å². The van der Waals surface area contributed by atoms with Crippen molar-refractivity contribution in [3.8, 4) is 5.75 Å². The third-order valence-electron chi connectivity index (χ3n) is 2.87. The Morgan fingerprint density at radius 3 is 2.65 bits per heavy atom. The molecule has 5 heteroatoms. The summed E-state index contributed by atoms with van der Waals surface area (Å²) in [6, 6.07) is 7.46. The predicted octanol–water partition coefficient (Wildman–Crippen LogP) is 2.89. The Morgan fingerprint density at radius 1 is 1.40 bits per heavy atom. The van der Waals surface area contributed by atoms with Crippen molar-refractivity contribution in [2.75, 3.05) is 13.2 Å². The maximum atomic E-state index is 11.6. The summed E-state index contributed by atoms with van der Waals surface area (Å²) in [5.74, 6) is 0.623. The lowest BCUT2D eigenvalue weighted by atomic mass is 10.0. The second-order valence-corrected chi connectivity index (χ2v) is 5.99. The Bertz CT molecular complexity index is 418. The highest BCUT2D eigenvalue weighted by molar-refractivity contribution is 9.10. The maximum absolute atomic E-state index is 11.6. The van der Waals surface area contributed by atoms with Crippen molar-refractivity contribution >= 4 is 21.8 Å². The zero-order chi connectivity index (χ0) is 15.0. The minimum atomic E-state index is -0.836. The molecule has 0 fully saturated rings. The van der Waals surface area contributed by atoms with Crippen molar-refractivity contribution in [3.63, 3.8) is 0 Å². The zero-order valence-electron chi connectivity index (χ0n) is 12.0. The van der Waals surface area contributed by atoms with Crippen LogP contribution >= 0.6 is 15.9 Å². The first-order valence-electron chi connectivity index (χ1n) is 6.80. The number of amides is 1. The molecule has 0 aliphatic carbocycles. The monoisotopic (exact) mass is 343 g/mol. The van der Waals surface area contributed by atoms with E-state index in [0.29, 0.717) is 13.0 Å². The van der Waals surface area contributed by atoms with Crippen molar-refractivity contribution in [1.29, 1.82) is 0 Å². The third-order valence-corrected chi connectivity index (χ3v) is 3.40. The van der Waals surface area contributed by atoms with E-state index >= 15 is 0 Å². The van der Waals surface area contributed by atoms with Crippen LogP contribution in [0.3, 0.4) is 0 Å². The second kappa shape index (κ2) is 8.27. The summed E-state index contributed by atoms with van der Waals surface area (Å²) < 4.78 is 6.45. The second-order valence-electron chi connectivity index (χ2n) is 5.08. The van der Waals surface area contributed by atoms with Crippen molar-refractivity contribution in [3.05, 3.63) is 28.7 Å². The van der Waals surface area contributed by atoms with Gasteiger partial charge in [0.15, 0.2) is 0 Å². The van der Waals surface area contributed by atoms with E-state index in [-0.39, 0.29) is 18.9 Å². The van der Waals surface area contributed by atoms with Crippen molar-refractivity contribution in [1.82, 2.24) is 5.32 Å². The van der Waals surface area contributed by atoms with E-state index in [2.05, 4.69) is 21.2 Å². The smallest absolute Gasteiger partial charge is 0.223 e. The summed E-state index contributed by atoms with van der Waals surface area (Å²) in [4.78, 5) is 11.6. The molecule has 0 aliphatic heterocycles. The number of nitrogens with one attached hydrogen (secondary N) is 1. The average molecular weight is 344 g/mol. The van der Waals surface area contributed by atoms with Gasteiger partial charge >= 0.3 is 0 Å². The number of halogens is 1. The fourth-order valence-electron chi connectivity index (χ4n) is 1.80. The quantitative estimate of drug-likeness (QED) is 0.762. The highest BCUT2D eigenvalue weighted by atomic mass is 79.9. The number of benzene rings is 1. The van der Waals surface area contributed by atoms with Crippen LogP contribution in [-0.2, 0) is 4.79 Å². The van der Waals surface area contributed by atoms with Crippen LogP contribution in [0.4, 0.5) is 0 Å². The number of aliphatic hydroxyl groups is 1. The Kier molecular flexibility index (Phi) is 7.02. The van der Waals surface area contributed by atoms with Crippen LogP contribution in [0.25, 0.3) is 0 Å². The van der Waals surface area contributed by atoms with Gasteiger partial charge in [-0.05, 0) is 37.6 Å². The van der Waals surface area contributed by atoms with Gasteiger partial charge in [0, 0.05) is 11.0 Å². The first-order chi connectivity index (χ1) is 9.43. The lowest BCUT2D eigenvalue weighted by molar-refractivity contribution is -0.122. The maximum Gasteiger partial charge on any atom is 0.223 e. The van der Waals surface area contributed by atoms with Crippen LogP contribution in [0.5, 0.6) is 5.75 Å². The summed E-state index contributed by atoms with van der Waals surface area (Å²) >= 11 is 3.35. The Balaban J connectivity index is 2.22. The van der Waals surface area contributed by atoms with Crippen LogP contribution in [-0.4, -0.2) is 29.8 Å². The fourth-order valence-corrected chi connectivity index (χ4v) is 2.06. The third kappa shape index (κ3) is 6.91. The number of hydrogen-bond acceptors (Lipinski definition) is 3. The molecule has 0 saturated heterocycles. The summed E-state index contributed by atoms with van der Waals surface area (Å²) in [7, 11) is 0. The highest BCUT2D eigenvalue weighted by Crippen LogP contribution is 2.16. The topological polar surface area (TPSA) is 58.6 Å². The molecule has 0 spiro atoms. The molecule has 0 saturated carbocycles. The standard InChI is InChI=1S/C15H22BrNO3/c1-3-9-15(2,19)11-17-14(18)8-10-20-13-6-4-12(16)5-7-13/h4-7,19H,3,8-11H2,1-2H3,(H,17,18). The molecule has 0 radical (unpaired) electrons. The molecule has 2 N–H and O–H groups in total. The summed E-state index contributed by atoms with van der Waals surface area (Å²) in [6.07, 6.45) is 1.83. The van der Waals surface area contributed by atoms with Crippen LogP contribution in [0, 0.1) is 0 Å². The number of hydrogen-bond donors (Lipinski definition) is 2. The minimum absolute atomic E-state index is 0.113. The lowest BCUT2D eigenvalue weighted by Crippen LogP contribution is -2.40. The largest absolute Gasteiger partial charge is 0.493 e. The van der Waals surface area contributed by atoms with Gasteiger partial charge in [0.1, 0.15) is 5.75 Å². The molecule has 0 aromatic heterocycles. The van der Waals surface area contributed by atoms with Gasteiger partial charge in [0.25, 0.3) is 0 Å². The van der Waals surface area contributed by atoms with Crippen molar-refractivity contribution in [2.45, 2.75) is 38.7 Å². The molecule has 0 heterocycles. The van der Waals surface area contributed by atoms with Gasteiger partial charge in [-0.25, -0.2) is 0 Å². The molecule has 1 unspecified atom stereocenters. The van der Waals surface area contributed by atoms with E-state index in [1.807, 2.05) is 31.2 Å². The Hall–Kier alpha value is -1.07. The minimum Gasteiger partial charge on any atom is -0.493 e. The lowest BCUT2D eigenvalue weighted by Gasteiger charge is -2.22. The van der Waals surface area contributed by atoms with E-state index in [9.17, 15) is 9.90 Å². The number of ether oxygens (including phenoxy) is 1. The molecule has 1 atom stereocenters. The molecule has 4 nitrogen and oxygen atoms in total. The molecule has 1 aromatic carbocycles. The molecular weight excluding hydrogens is 322 g/mol. The molecule has 112 valence electrons. The van der Waals surface area contributed by atoms with Gasteiger partial charge in [0.05, 0.1) is 18.6 Å². The Labute approximate surface area is 128 Å². The predicted molar refractivity (Wildman–Crippen MR) is 82.8 cm³/mol. The van der Waals surface area contributed by atoms with E-state index in [4.69, 9.17) is 4.74 Å². The van der Waals surface area contributed by atoms with Gasteiger partial charge < -0.3 is 15.2 Å². The number of rotatable bonds is 8. The normalized spacial score (nSPS) is 13.6. The van der Waals surface area contributed by atoms with Crippen LogP contribution in [0.15, 0.2) is 28.7 Å². The van der Waals surface area contributed by atoms with Crippen molar-refractivity contribution < 1.29 is 14.6 Å². The number of carbonyl (C=O) groups excluding carboxylic acids is 1. The van der Waals surface area contributed by atoms with Gasteiger partial charge in [-0.15, -0.1) is 0 Å². The number of carbonyl (C=O) groups is 1. The SMILES string of the molecule is CCCC(C)(O)CNC(=O)CCOc1ccc(Br)cc1. The van der Waals surface area contributed by atoms with Gasteiger partial charge in [0.2, 0.25) is 5.91 Å². The molecule has 0 bridgehead atoms. The zero-order valence-corrected chi connectivity index (χ0v) is 13.6. The first kappa shape index (κ1) is 17.0. The molecule has 1 rings (SSSR count). The molecular formula is C15H22BrNO3. The fraction of sp³-hybridized carbons (Fsp3) is 0.533. The summed E-state index contributed by atoms with van der Waals surface area (Å²) in [5, 5.41) is 12.7. The first-order valence-corrected chi connectivity index (χ1v) is 7.60. The molecule has 0 aliphatic rings. The molecule has 1 amide bonds. The molecule has 20 heavy (non-hydrogen) atoms. The van der Waals surface area contributed by atoms with E-state index in [1.54, 1.807) is 6.92 Å². The van der Waals surface area contributed by atoms with Crippen molar-refractivity contribution in [2.24, 2.45) is 0 Å². The molecule has 1 aromatic rings. The van der Waals surface area contributed by atoms with E-state index < -0.39 is 5.60 Å². The van der Waals surface area contributed by atoms with Gasteiger partial charge in [-0.2, -0.15) is 0 Å². The van der Waals surface area contributed by atoms with Crippen LogP contribution in [0.2, 0.25) is 0 Å². The van der Waals surface area contributed by atoms with Crippen LogP contribution in [0.1, 0.15) is 33.1 Å². The summed E-state index contributed by atoms with van der Waals surface area (Å²) in [6.45, 7) is 4.33. The Morgan fingerprint density at radius 2 is 2.05 bits per heavy atom. The van der Waals surface area contributed by atoms with Gasteiger partial charge in [-0.1, -0.05) is 29.3 Å². The summed E-state index contributed by atoms with van der Waals surface area (Å²) in [5.41, 5.74) is -0.836. The van der Waals surface area contributed by atoms with E-state index in [0.717, 1.165) is 16.6 Å². The average Bonchev–Trinajstić information content (AvgIpc) is 2.39. The van der Waals surface area contributed by atoms with E-state index in [1.165, 1.54) is 0 Å². The highest BCUT2D eigenvalue weighted by Gasteiger charge is 2.19. The van der Waals surface area contributed by atoms with Gasteiger partial charge in [-0.3, -0.25) is 4.79 Å².